The molecular weight excluding hydrogens is 454 g/mol. The number of alkyl halides is 3. The zero-order valence-electron chi connectivity index (χ0n) is 17.7. The lowest BCUT2D eigenvalue weighted by atomic mass is 9.77. The van der Waals surface area contributed by atoms with Crippen LogP contribution in [0.4, 0.5) is 17.6 Å². The van der Waals surface area contributed by atoms with Crippen LogP contribution in [0.25, 0.3) is 11.4 Å². The lowest BCUT2D eigenvalue weighted by Gasteiger charge is -2.49. The highest BCUT2D eigenvalue weighted by Crippen LogP contribution is 2.39. The lowest BCUT2D eigenvalue weighted by molar-refractivity contribution is -0.141. The van der Waals surface area contributed by atoms with Crippen LogP contribution >= 0.6 is 0 Å². The van der Waals surface area contributed by atoms with E-state index in [1.165, 1.54) is 30.6 Å². The summed E-state index contributed by atoms with van der Waals surface area (Å²) in [6.07, 6.45) is 1.80. The van der Waals surface area contributed by atoms with Crippen molar-refractivity contribution in [2.24, 2.45) is 5.92 Å². The van der Waals surface area contributed by atoms with Crippen LogP contribution in [0.15, 0.2) is 49.1 Å². The number of carbonyl (C=O) groups excluding carboxylic acids is 1. The molecule has 0 radical (unpaired) electrons. The first-order valence-corrected chi connectivity index (χ1v) is 10.7. The van der Waals surface area contributed by atoms with Crippen molar-refractivity contribution in [3.8, 4) is 17.3 Å². The van der Waals surface area contributed by atoms with Crippen LogP contribution in [0.5, 0.6) is 5.88 Å². The van der Waals surface area contributed by atoms with Crippen molar-refractivity contribution < 1.29 is 27.1 Å². The summed E-state index contributed by atoms with van der Waals surface area (Å²) in [7, 11) is 0. The molecule has 2 saturated heterocycles. The van der Waals surface area contributed by atoms with Gasteiger partial charge in [0.05, 0.1) is 24.0 Å². The van der Waals surface area contributed by atoms with E-state index in [0.717, 1.165) is 12.6 Å². The lowest BCUT2D eigenvalue weighted by Crippen LogP contribution is -2.59. The largest absolute Gasteiger partial charge is 0.471 e. The molecule has 0 unspecified atom stereocenters. The van der Waals surface area contributed by atoms with Gasteiger partial charge in [-0.1, -0.05) is 0 Å². The maximum atomic E-state index is 14.0. The van der Waals surface area contributed by atoms with Gasteiger partial charge >= 0.3 is 6.18 Å². The first kappa shape index (κ1) is 22.2. The fraction of sp³-hybridized carbons (Fsp3) is 0.348. The molecule has 1 aliphatic carbocycles. The van der Waals surface area contributed by atoms with Gasteiger partial charge in [0.15, 0.2) is 11.5 Å². The first-order valence-electron chi connectivity index (χ1n) is 10.7. The van der Waals surface area contributed by atoms with E-state index in [-0.39, 0.29) is 40.7 Å². The molecule has 3 fully saturated rings. The van der Waals surface area contributed by atoms with Crippen LogP contribution in [0, 0.1) is 11.7 Å². The molecule has 0 spiro atoms. The van der Waals surface area contributed by atoms with E-state index in [1.54, 1.807) is 11.0 Å². The Morgan fingerprint density at radius 2 is 1.85 bits per heavy atom. The number of benzene rings is 1. The zero-order valence-corrected chi connectivity index (χ0v) is 17.7. The zero-order chi connectivity index (χ0) is 23.9. The van der Waals surface area contributed by atoms with Gasteiger partial charge in [-0.3, -0.25) is 4.79 Å². The number of amides is 1. The van der Waals surface area contributed by atoms with E-state index < -0.39 is 23.8 Å². The van der Waals surface area contributed by atoms with Crippen molar-refractivity contribution in [2.75, 3.05) is 6.54 Å². The van der Waals surface area contributed by atoms with Crippen molar-refractivity contribution >= 4 is 5.91 Å². The molecule has 1 saturated carbocycles. The summed E-state index contributed by atoms with van der Waals surface area (Å²) in [5, 5.41) is 0. The Hall–Kier alpha value is -3.63. The highest BCUT2D eigenvalue weighted by Gasteiger charge is 2.45. The van der Waals surface area contributed by atoms with Gasteiger partial charge < -0.3 is 9.64 Å². The van der Waals surface area contributed by atoms with Crippen LogP contribution in [0.3, 0.4) is 0 Å². The average molecular weight is 473 g/mol. The number of fused-ring (bicyclic) bond motifs is 3. The van der Waals surface area contributed by atoms with Gasteiger partial charge in [-0.05, 0) is 49.4 Å². The van der Waals surface area contributed by atoms with E-state index in [2.05, 4.69) is 19.9 Å². The molecule has 2 aliphatic heterocycles. The quantitative estimate of drug-likeness (QED) is 0.530. The molecule has 3 atom stereocenters. The summed E-state index contributed by atoms with van der Waals surface area (Å²) in [5.41, 5.74) is -0.542. The van der Waals surface area contributed by atoms with Gasteiger partial charge in [-0.2, -0.15) is 13.2 Å². The van der Waals surface area contributed by atoms with Crippen LogP contribution in [0.1, 0.15) is 35.3 Å². The molecule has 3 aliphatic rings. The minimum absolute atomic E-state index is 0.0295. The number of rotatable bonds is 4. The van der Waals surface area contributed by atoms with E-state index in [4.69, 9.17) is 4.74 Å². The molecule has 1 amide bonds. The molecule has 176 valence electrons. The predicted molar refractivity (Wildman–Crippen MR) is 111 cm³/mol. The molecule has 11 heteroatoms. The average Bonchev–Trinajstić information content (AvgIpc) is 2.84. The van der Waals surface area contributed by atoms with E-state index in [0.29, 0.717) is 25.6 Å². The summed E-state index contributed by atoms with van der Waals surface area (Å²) < 4.78 is 58.2. The van der Waals surface area contributed by atoms with E-state index in [9.17, 15) is 22.4 Å². The Labute approximate surface area is 191 Å². The highest BCUT2D eigenvalue weighted by atomic mass is 19.4. The van der Waals surface area contributed by atoms with Crippen LogP contribution in [-0.2, 0) is 6.18 Å². The van der Waals surface area contributed by atoms with Crippen molar-refractivity contribution in [2.45, 2.75) is 37.6 Å². The number of hydrogen-bond donors (Lipinski definition) is 0. The van der Waals surface area contributed by atoms with Crippen molar-refractivity contribution in [3.05, 3.63) is 66.1 Å². The van der Waals surface area contributed by atoms with Gasteiger partial charge in [0, 0.05) is 24.5 Å². The third-order valence-corrected chi connectivity index (χ3v) is 6.19. The Morgan fingerprint density at radius 1 is 1.06 bits per heavy atom. The standard InChI is InChI=1S/C23H19F4N5O2/c24-14-3-4-15(16(9-14)21-28-6-1-7-29-21)22(33)32-12-13-2-5-17(32)18(8-13)34-20-11-30-19(10-31-20)23(25,26)27/h1,3-4,6-7,9-11,13,17-18H,2,5,8,12H2/t13-,17-,18+/m0/s1. The molecule has 3 aromatic rings. The molecule has 2 aromatic heterocycles. The molecule has 7 nitrogen and oxygen atoms in total. The minimum Gasteiger partial charge on any atom is -0.471 e. The normalized spacial score (nSPS) is 22.0. The molecule has 4 heterocycles. The van der Waals surface area contributed by atoms with Crippen molar-refractivity contribution in [1.82, 2.24) is 24.8 Å². The maximum absolute atomic E-state index is 14.0. The second-order valence-corrected chi connectivity index (χ2v) is 8.36. The second-order valence-electron chi connectivity index (χ2n) is 8.36. The molecule has 1 aromatic carbocycles. The number of nitrogens with zero attached hydrogens (tertiary/aromatic N) is 5. The highest BCUT2D eigenvalue weighted by molar-refractivity contribution is 6.00. The first-order chi connectivity index (χ1) is 16.3. The Bertz CT molecular complexity index is 1190. The third kappa shape index (κ3) is 4.29. The fourth-order valence-corrected chi connectivity index (χ4v) is 4.65. The Kier molecular flexibility index (Phi) is 5.62. The van der Waals surface area contributed by atoms with Gasteiger partial charge in [0.25, 0.3) is 5.91 Å². The van der Waals surface area contributed by atoms with Crippen LogP contribution in [-0.4, -0.2) is 49.4 Å². The van der Waals surface area contributed by atoms with Gasteiger partial charge in [-0.25, -0.2) is 24.3 Å². The predicted octanol–water partition coefficient (Wildman–Crippen LogP) is 4.16. The number of carbonyl (C=O) groups is 1. The van der Waals surface area contributed by atoms with Crippen LogP contribution in [0.2, 0.25) is 0 Å². The number of piperidine rings is 2. The number of halogens is 4. The summed E-state index contributed by atoms with van der Waals surface area (Å²) in [5.74, 6) is -0.443. The summed E-state index contributed by atoms with van der Waals surface area (Å²) >= 11 is 0. The van der Waals surface area contributed by atoms with Gasteiger partial charge in [0.2, 0.25) is 5.88 Å². The summed E-state index contributed by atoms with van der Waals surface area (Å²) in [6.45, 7) is 0.508. The van der Waals surface area contributed by atoms with Crippen molar-refractivity contribution in [1.29, 1.82) is 0 Å². The second kappa shape index (κ2) is 8.62. The fourth-order valence-electron chi connectivity index (χ4n) is 4.65. The Morgan fingerprint density at radius 3 is 2.53 bits per heavy atom. The topological polar surface area (TPSA) is 81.1 Å². The SMILES string of the molecule is O=C(c1ccc(F)cc1-c1ncccn1)N1C[C@H]2CC[C@H]1[C@H](Oc1cnc(C(F)(F)F)cn1)C2. The molecular formula is C23H19F4N5O2. The molecule has 6 rings (SSSR count). The van der Waals surface area contributed by atoms with Crippen LogP contribution < -0.4 is 4.74 Å². The van der Waals surface area contributed by atoms with Gasteiger partial charge in [-0.15, -0.1) is 0 Å². The third-order valence-electron chi connectivity index (χ3n) is 6.19. The number of ether oxygens (including phenoxy) is 1. The maximum Gasteiger partial charge on any atom is 0.434 e. The van der Waals surface area contributed by atoms with Crippen molar-refractivity contribution in [3.63, 3.8) is 0 Å². The molecule has 2 bridgehead atoms. The summed E-state index contributed by atoms with van der Waals surface area (Å²) in [4.78, 5) is 30.7. The summed E-state index contributed by atoms with van der Waals surface area (Å²) in [6, 6.07) is 5.18. The Balaban J connectivity index is 1.40. The van der Waals surface area contributed by atoms with Gasteiger partial charge in [0.1, 0.15) is 11.9 Å². The smallest absolute Gasteiger partial charge is 0.434 e. The number of hydrogen-bond acceptors (Lipinski definition) is 6. The number of aromatic nitrogens is 4. The molecule has 0 N–H and O–H groups in total. The molecule has 34 heavy (non-hydrogen) atoms. The monoisotopic (exact) mass is 473 g/mol. The minimum atomic E-state index is -4.59. The van der Waals surface area contributed by atoms with E-state index in [1.807, 2.05) is 0 Å². The van der Waals surface area contributed by atoms with E-state index >= 15 is 0 Å².